The average Bonchev–Trinajstić information content (AvgIpc) is 2.91. The number of piperazine rings is 1. The van der Waals surface area contributed by atoms with Crippen molar-refractivity contribution in [2.75, 3.05) is 52.4 Å². The van der Waals surface area contributed by atoms with Gasteiger partial charge in [0.2, 0.25) is 0 Å². The Hall–Kier alpha value is -2.63. The monoisotopic (exact) mass is 530 g/mol. The molecule has 0 bridgehead atoms. The fraction of sp³-hybridized carbons (Fsp3) is 0.483. The van der Waals surface area contributed by atoms with Crippen LogP contribution in [-0.2, 0) is 17.9 Å². The van der Waals surface area contributed by atoms with Gasteiger partial charge in [-0.05, 0) is 55.9 Å². The van der Waals surface area contributed by atoms with Crippen LogP contribution in [0.5, 0.6) is 5.75 Å². The minimum Gasteiger partial charge on any atom is -0.483 e. The third kappa shape index (κ3) is 9.98. The minimum atomic E-state index is -0.225. The molecule has 0 radical (unpaired) electrons. The molecule has 0 unspecified atom stereocenters. The molecule has 1 aliphatic heterocycles. The molecule has 37 heavy (non-hydrogen) atoms. The van der Waals surface area contributed by atoms with E-state index in [0.717, 1.165) is 50.4 Å². The summed E-state index contributed by atoms with van der Waals surface area (Å²) in [7, 11) is 0. The maximum Gasteiger partial charge on any atom is 0.260 e. The van der Waals surface area contributed by atoms with Crippen molar-refractivity contribution in [3.63, 3.8) is 0 Å². The van der Waals surface area contributed by atoms with Crippen LogP contribution in [0.25, 0.3) is 0 Å². The summed E-state index contributed by atoms with van der Waals surface area (Å²) in [5.74, 6) is 0.436. The molecule has 1 aliphatic rings. The van der Waals surface area contributed by atoms with Crippen molar-refractivity contribution in [2.24, 2.45) is 0 Å². The van der Waals surface area contributed by atoms with E-state index in [9.17, 15) is 9.18 Å². The molecule has 2 aromatic carbocycles. The van der Waals surface area contributed by atoms with E-state index in [4.69, 9.17) is 16.3 Å². The first-order valence-electron chi connectivity index (χ1n) is 12.8. The summed E-state index contributed by atoms with van der Waals surface area (Å²) in [5.41, 5.74) is 2.02. The van der Waals surface area contributed by atoms with Gasteiger partial charge in [0.25, 0.3) is 5.91 Å². The molecule has 6 nitrogen and oxygen atoms in total. The zero-order valence-electron chi connectivity index (χ0n) is 22.3. The van der Waals surface area contributed by atoms with Crippen LogP contribution in [0.15, 0.2) is 42.5 Å². The van der Waals surface area contributed by atoms with Gasteiger partial charge in [-0.15, -0.1) is 12.8 Å². The molecule has 1 atom stereocenters. The third-order valence-corrected chi connectivity index (χ3v) is 6.84. The summed E-state index contributed by atoms with van der Waals surface area (Å²) in [4.78, 5) is 19.4. The molecule has 0 aliphatic carbocycles. The van der Waals surface area contributed by atoms with Crippen molar-refractivity contribution in [3.8, 4) is 18.6 Å². The van der Waals surface area contributed by atoms with E-state index in [-0.39, 0.29) is 24.4 Å². The number of hydrogen-bond donors (Lipinski definition) is 1. The fourth-order valence-corrected chi connectivity index (χ4v) is 4.53. The fourth-order valence-electron chi connectivity index (χ4n) is 4.34. The zero-order chi connectivity index (χ0) is 27.2. The Bertz CT molecular complexity index is 982. The predicted octanol–water partition coefficient (Wildman–Crippen LogP) is 4.27. The van der Waals surface area contributed by atoms with Gasteiger partial charge in [-0.25, -0.2) is 4.39 Å². The van der Waals surface area contributed by atoms with Gasteiger partial charge in [-0.2, -0.15) is 0 Å². The highest BCUT2D eigenvalue weighted by Gasteiger charge is 2.27. The summed E-state index contributed by atoms with van der Waals surface area (Å²) in [6.45, 7) is 13.8. The molecule has 202 valence electrons. The highest BCUT2D eigenvalue weighted by atomic mass is 35.5. The molecular formula is C29H40ClFN4O2. The van der Waals surface area contributed by atoms with Crippen LogP contribution in [0, 0.1) is 18.7 Å². The van der Waals surface area contributed by atoms with Crippen molar-refractivity contribution in [1.82, 2.24) is 20.0 Å². The van der Waals surface area contributed by atoms with Crippen LogP contribution in [-0.4, -0.2) is 79.1 Å². The number of likely N-dealkylation sites (N-methyl/N-ethyl adjacent to an activating group) is 1. The summed E-state index contributed by atoms with van der Waals surface area (Å²) < 4.78 is 19.1. The van der Waals surface area contributed by atoms with Gasteiger partial charge in [0.1, 0.15) is 11.6 Å². The van der Waals surface area contributed by atoms with E-state index in [1.807, 2.05) is 29.2 Å². The van der Waals surface area contributed by atoms with Crippen molar-refractivity contribution in [2.45, 2.75) is 39.9 Å². The van der Waals surface area contributed by atoms with Gasteiger partial charge >= 0.3 is 0 Å². The maximum atomic E-state index is 13.2. The van der Waals surface area contributed by atoms with Crippen LogP contribution in [0.1, 0.15) is 31.9 Å². The number of hydrogen-bond acceptors (Lipinski definition) is 5. The van der Waals surface area contributed by atoms with Crippen molar-refractivity contribution in [1.29, 1.82) is 0 Å². The summed E-state index contributed by atoms with van der Waals surface area (Å²) >= 11 is 6.21. The van der Waals surface area contributed by atoms with Gasteiger partial charge in [0, 0.05) is 62.4 Å². The Balaban J connectivity index is 0.00000235. The molecule has 1 saturated heterocycles. The van der Waals surface area contributed by atoms with Crippen molar-refractivity contribution >= 4 is 17.5 Å². The Morgan fingerprint density at radius 1 is 1.16 bits per heavy atom. The Labute approximate surface area is 226 Å². The number of nitrogens with zero attached hydrogens (tertiary/aromatic N) is 3. The maximum absolute atomic E-state index is 13.2. The lowest BCUT2D eigenvalue weighted by molar-refractivity contribution is -0.136. The highest BCUT2D eigenvalue weighted by molar-refractivity contribution is 6.30. The van der Waals surface area contributed by atoms with E-state index in [1.165, 1.54) is 12.1 Å². The lowest BCUT2D eigenvalue weighted by Crippen LogP contribution is -2.54. The van der Waals surface area contributed by atoms with E-state index in [0.29, 0.717) is 30.4 Å². The normalized spacial score (nSPS) is 15.8. The lowest BCUT2D eigenvalue weighted by Gasteiger charge is -2.39. The van der Waals surface area contributed by atoms with E-state index in [2.05, 4.69) is 48.7 Å². The van der Waals surface area contributed by atoms with Gasteiger partial charge in [0.15, 0.2) is 6.61 Å². The highest BCUT2D eigenvalue weighted by Crippen LogP contribution is 2.23. The van der Waals surface area contributed by atoms with E-state index >= 15 is 0 Å². The standard InChI is InChI=1S/C27H38ClFN4O2.C2H2/c1-4-31(5-2)13-12-30-17-23-16-24(28)8-11-26(23)35-20-27(34)33-15-14-32(21(3)18-33)19-22-6-9-25(29)10-7-22;1-2/h6-11,16,21,30H,4-5,12-15,17-20H2,1-3H3;1-2H/t21-;/m0./s1. The number of amides is 1. The number of nitrogens with one attached hydrogen (secondary N) is 1. The van der Waals surface area contributed by atoms with Crippen LogP contribution < -0.4 is 10.1 Å². The number of benzene rings is 2. The third-order valence-electron chi connectivity index (χ3n) is 6.61. The Kier molecular flexibility index (Phi) is 13.4. The molecule has 1 heterocycles. The van der Waals surface area contributed by atoms with Gasteiger partial charge in [-0.3, -0.25) is 9.69 Å². The molecule has 0 saturated carbocycles. The van der Waals surface area contributed by atoms with E-state index in [1.54, 1.807) is 6.07 Å². The number of carbonyl (C=O) groups is 1. The van der Waals surface area contributed by atoms with Crippen molar-refractivity contribution < 1.29 is 13.9 Å². The Morgan fingerprint density at radius 2 is 1.86 bits per heavy atom. The van der Waals surface area contributed by atoms with Crippen LogP contribution >= 0.6 is 11.6 Å². The molecule has 0 spiro atoms. The molecule has 1 fully saturated rings. The minimum absolute atomic E-state index is 0.00123. The number of carbonyl (C=O) groups excluding carboxylic acids is 1. The van der Waals surface area contributed by atoms with Crippen LogP contribution in [0.2, 0.25) is 5.02 Å². The smallest absolute Gasteiger partial charge is 0.260 e. The zero-order valence-corrected chi connectivity index (χ0v) is 23.0. The topological polar surface area (TPSA) is 48.1 Å². The molecule has 8 heteroatoms. The van der Waals surface area contributed by atoms with Gasteiger partial charge in [-0.1, -0.05) is 37.6 Å². The van der Waals surface area contributed by atoms with Gasteiger partial charge in [0.05, 0.1) is 0 Å². The predicted molar refractivity (Wildman–Crippen MR) is 149 cm³/mol. The molecule has 1 N–H and O–H groups in total. The molecule has 1 amide bonds. The second-order valence-electron chi connectivity index (χ2n) is 9.03. The average molecular weight is 531 g/mol. The first-order chi connectivity index (χ1) is 17.9. The van der Waals surface area contributed by atoms with Crippen molar-refractivity contribution in [3.05, 3.63) is 64.4 Å². The van der Waals surface area contributed by atoms with E-state index < -0.39 is 0 Å². The first kappa shape index (κ1) is 30.6. The summed E-state index contributed by atoms with van der Waals surface area (Å²) in [5, 5.41) is 4.10. The number of halogens is 2. The second-order valence-corrected chi connectivity index (χ2v) is 9.47. The molecular weight excluding hydrogens is 491 g/mol. The van der Waals surface area contributed by atoms with Crippen LogP contribution in [0.4, 0.5) is 4.39 Å². The summed E-state index contributed by atoms with van der Waals surface area (Å²) in [6.07, 6.45) is 8.00. The summed E-state index contributed by atoms with van der Waals surface area (Å²) in [6, 6.07) is 12.3. The first-order valence-corrected chi connectivity index (χ1v) is 13.2. The van der Waals surface area contributed by atoms with Gasteiger partial charge < -0.3 is 19.9 Å². The lowest BCUT2D eigenvalue weighted by atomic mass is 10.1. The second kappa shape index (κ2) is 16.3. The Morgan fingerprint density at radius 3 is 2.51 bits per heavy atom. The number of rotatable bonds is 12. The largest absolute Gasteiger partial charge is 0.483 e. The quantitative estimate of drug-likeness (QED) is 0.328. The molecule has 0 aromatic heterocycles. The SMILES string of the molecule is C#C.CCN(CC)CCNCc1cc(Cl)ccc1OCC(=O)N1CCN(Cc2ccc(F)cc2)[C@@H](C)C1. The number of terminal acetylenes is 1. The number of ether oxygens (including phenoxy) is 1. The molecule has 2 aromatic rings. The van der Waals surface area contributed by atoms with Crippen LogP contribution in [0.3, 0.4) is 0 Å². The molecule has 3 rings (SSSR count).